The lowest BCUT2D eigenvalue weighted by Gasteiger charge is -2.10. The summed E-state index contributed by atoms with van der Waals surface area (Å²) in [6.07, 6.45) is 2.37. The minimum atomic E-state index is -0.126. The first-order chi connectivity index (χ1) is 8.66. The fourth-order valence-electron chi connectivity index (χ4n) is 1.71. The first-order valence-electron chi connectivity index (χ1n) is 5.92. The Morgan fingerprint density at radius 2 is 2.22 bits per heavy atom. The van der Waals surface area contributed by atoms with Crippen molar-refractivity contribution in [3.63, 3.8) is 0 Å². The summed E-state index contributed by atoms with van der Waals surface area (Å²) in [5.74, 6) is 0.749. The van der Waals surface area contributed by atoms with Gasteiger partial charge >= 0.3 is 0 Å². The molecular weight excluding hydrogens is 230 g/mol. The zero-order valence-corrected chi connectivity index (χ0v) is 10.6. The van der Waals surface area contributed by atoms with Crippen LogP contribution in [0.3, 0.4) is 0 Å². The van der Waals surface area contributed by atoms with Gasteiger partial charge in [0, 0.05) is 12.6 Å². The average Bonchev–Trinajstić information content (AvgIpc) is 2.35. The summed E-state index contributed by atoms with van der Waals surface area (Å²) in [5, 5.41) is 0.582. The van der Waals surface area contributed by atoms with E-state index in [1.54, 1.807) is 18.2 Å². The van der Waals surface area contributed by atoms with Gasteiger partial charge in [0.15, 0.2) is 0 Å². The first-order valence-corrected chi connectivity index (χ1v) is 5.92. The first kappa shape index (κ1) is 12.6. The molecule has 0 saturated carbocycles. The van der Waals surface area contributed by atoms with Crippen LogP contribution in [0.1, 0.15) is 6.42 Å². The Labute approximate surface area is 105 Å². The molecule has 2 rings (SSSR count). The molecule has 0 saturated heterocycles. The van der Waals surface area contributed by atoms with Crippen molar-refractivity contribution < 1.29 is 4.74 Å². The van der Waals surface area contributed by atoms with E-state index in [4.69, 9.17) is 4.74 Å². The molecule has 5 nitrogen and oxygen atoms in total. The zero-order valence-electron chi connectivity index (χ0n) is 10.6. The van der Waals surface area contributed by atoms with Crippen LogP contribution in [0.5, 0.6) is 5.75 Å². The van der Waals surface area contributed by atoms with E-state index in [1.165, 1.54) is 6.33 Å². The van der Waals surface area contributed by atoms with E-state index >= 15 is 0 Å². The Morgan fingerprint density at radius 1 is 1.39 bits per heavy atom. The number of hydrogen-bond donors (Lipinski definition) is 1. The van der Waals surface area contributed by atoms with Crippen molar-refractivity contribution in [2.45, 2.75) is 6.42 Å². The number of aromatic amines is 1. The SMILES string of the molecule is CN(C)CCCOc1ccc2c(=O)[nH]cnc2c1. The minimum absolute atomic E-state index is 0.126. The Kier molecular flexibility index (Phi) is 3.94. The maximum Gasteiger partial charge on any atom is 0.258 e. The van der Waals surface area contributed by atoms with Crippen LogP contribution in [0.25, 0.3) is 10.9 Å². The van der Waals surface area contributed by atoms with E-state index in [0.717, 1.165) is 18.7 Å². The number of H-pyrrole nitrogens is 1. The highest BCUT2D eigenvalue weighted by molar-refractivity contribution is 5.78. The van der Waals surface area contributed by atoms with E-state index in [0.29, 0.717) is 17.5 Å². The maximum atomic E-state index is 11.5. The Bertz CT molecular complexity index is 578. The van der Waals surface area contributed by atoms with Crippen LogP contribution in [0, 0.1) is 0 Å². The molecule has 0 aliphatic heterocycles. The number of hydrogen-bond acceptors (Lipinski definition) is 4. The van der Waals surface area contributed by atoms with Crippen molar-refractivity contribution in [2.75, 3.05) is 27.2 Å². The highest BCUT2D eigenvalue weighted by Crippen LogP contribution is 2.16. The van der Waals surface area contributed by atoms with Crippen LogP contribution < -0.4 is 10.3 Å². The summed E-state index contributed by atoms with van der Waals surface area (Å²) in [7, 11) is 4.07. The van der Waals surface area contributed by atoms with Crippen LogP contribution in [-0.2, 0) is 0 Å². The van der Waals surface area contributed by atoms with Gasteiger partial charge < -0.3 is 14.6 Å². The van der Waals surface area contributed by atoms with Gasteiger partial charge in [-0.1, -0.05) is 0 Å². The van der Waals surface area contributed by atoms with Crippen molar-refractivity contribution in [1.29, 1.82) is 0 Å². The molecule has 1 aromatic heterocycles. The van der Waals surface area contributed by atoms with E-state index in [2.05, 4.69) is 14.9 Å². The fourth-order valence-corrected chi connectivity index (χ4v) is 1.71. The Hall–Kier alpha value is -1.88. The maximum absolute atomic E-state index is 11.5. The molecule has 1 heterocycles. The van der Waals surface area contributed by atoms with Gasteiger partial charge in [0.25, 0.3) is 5.56 Å². The second-order valence-electron chi connectivity index (χ2n) is 4.42. The minimum Gasteiger partial charge on any atom is -0.493 e. The van der Waals surface area contributed by atoms with E-state index in [-0.39, 0.29) is 5.56 Å². The molecule has 2 aromatic rings. The van der Waals surface area contributed by atoms with Crippen molar-refractivity contribution in [1.82, 2.24) is 14.9 Å². The molecule has 0 unspecified atom stereocenters. The predicted molar refractivity (Wildman–Crippen MR) is 71.0 cm³/mol. The third-order valence-electron chi connectivity index (χ3n) is 2.63. The summed E-state index contributed by atoms with van der Waals surface area (Å²) in [6, 6.07) is 5.33. The Balaban J connectivity index is 2.04. The number of rotatable bonds is 5. The topological polar surface area (TPSA) is 58.2 Å². The third kappa shape index (κ3) is 3.07. The van der Waals surface area contributed by atoms with Crippen LogP contribution in [0.15, 0.2) is 29.3 Å². The molecular formula is C13H17N3O2. The van der Waals surface area contributed by atoms with E-state index in [1.807, 2.05) is 14.1 Å². The second kappa shape index (κ2) is 5.64. The molecule has 0 fully saturated rings. The highest BCUT2D eigenvalue weighted by atomic mass is 16.5. The molecule has 0 atom stereocenters. The van der Waals surface area contributed by atoms with Gasteiger partial charge in [-0.25, -0.2) is 4.98 Å². The van der Waals surface area contributed by atoms with E-state index < -0.39 is 0 Å². The molecule has 18 heavy (non-hydrogen) atoms. The molecule has 5 heteroatoms. The van der Waals surface area contributed by atoms with Gasteiger partial charge in [0.05, 0.1) is 23.8 Å². The summed E-state index contributed by atoms with van der Waals surface area (Å²) >= 11 is 0. The molecule has 0 amide bonds. The summed E-state index contributed by atoms with van der Waals surface area (Å²) in [4.78, 5) is 20.3. The number of nitrogens with zero attached hydrogens (tertiary/aromatic N) is 2. The Morgan fingerprint density at radius 3 is 3.00 bits per heavy atom. The molecule has 0 bridgehead atoms. The molecule has 0 radical (unpaired) electrons. The normalized spacial score (nSPS) is 11.1. The van der Waals surface area contributed by atoms with Crippen LogP contribution in [0.2, 0.25) is 0 Å². The van der Waals surface area contributed by atoms with Gasteiger partial charge in [-0.2, -0.15) is 0 Å². The van der Waals surface area contributed by atoms with Gasteiger partial charge in [-0.3, -0.25) is 4.79 Å². The molecule has 96 valence electrons. The largest absolute Gasteiger partial charge is 0.493 e. The molecule has 0 spiro atoms. The highest BCUT2D eigenvalue weighted by Gasteiger charge is 2.01. The number of aromatic nitrogens is 2. The van der Waals surface area contributed by atoms with Crippen molar-refractivity contribution in [3.05, 3.63) is 34.9 Å². The predicted octanol–water partition coefficient (Wildman–Crippen LogP) is 1.25. The van der Waals surface area contributed by atoms with Crippen LogP contribution >= 0.6 is 0 Å². The zero-order chi connectivity index (χ0) is 13.0. The summed E-state index contributed by atoms with van der Waals surface area (Å²) in [6.45, 7) is 1.65. The van der Waals surface area contributed by atoms with Gasteiger partial charge in [0.1, 0.15) is 5.75 Å². The average molecular weight is 247 g/mol. The van der Waals surface area contributed by atoms with E-state index in [9.17, 15) is 4.79 Å². The smallest absolute Gasteiger partial charge is 0.258 e. The molecule has 1 N–H and O–H groups in total. The number of ether oxygens (including phenoxy) is 1. The summed E-state index contributed by atoms with van der Waals surface area (Å²) < 4.78 is 5.63. The molecule has 0 aliphatic rings. The fraction of sp³-hybridized carbons (Fsp3) is 0.385. The van der Waals surface area contributed by atoms with Gasteiger partial charge in [-0.15, -0.1) is 0 Å². The van der Waals surface area contributed by atoms with Crippen molar-refractivity contribution in [2.24, 2.45) is 0 Å². The third-order valence-corrected chi connectivity index (χ3v) is 2.63. The lowest BCUT2D eigenvalue weighted by Crippen LogP contribution is -2.15. The monoisotopic (exact) mass is 247 g/mol. The second-order valence-corrected chi connectivity index (χ2v) is 4.42. The van der Waals surface area contributed by atoms with Crippen LogP contribution in [0.4, 0.5) is 0 Å². The lowest BCUT2D eigenvalue weighted by atomic mass is 10.2. The molecule has 0 aliphatic carbocycles. The van der Waals surface area contributed by atoms with Crippen LogP contribution in [-0.4, -0.2) is 42.1 Å². The summed E-state index contributed by atoms with van der Waals surface area (Å²) in [5.41, 5.74) is 0.531. The van der Waals surface area contributed by atoms with Gasteiger partial charge in [0.2, 0.25) is 0 Å². The number of fused-ring (bicyclic) bond motifs is 1. The quantitative estimate of drug-likeness (QED) is 0.808. The number of benzene rings is 1. The van der Waals surface area contributed by atoms with Gasteiger partial charge in [-0.05, 0) is 32.6 Å². The standard InChI is InChI=1S/C13H17N3O2/c1-16(2)6-3-7-18-10-4-5-11-12(8-10)14-9-15-13(11)17/h4-5,8-9H,3,6-7H2,1-2H3,(H,14,15,17). The van der Waals surface area contributed by atoms with Crippen molar-refractivity contribution >= 4 is 10.9 Å². The molecule has 1 aromatic carbocycles. The number of nitrogens with one attached hydrogen (secondary N) is 1. The van der Waals surface area contributed by atoms with Crippen molar-refractivity contribution in [3.8, 4) is 5.75 Å². The lowest BCUT2D eigenvalue weighted by molar-refractivity contribution is 0.282.